The van der Waals surface area contributed by atoms with Gasteiger partial charge in [0, 0.05) is 10.8 Å². The zero-order chi connectivity index (χ0) is 17.6. The van der Waals surface area contributed by atoms with E-state index in [0.717, 1.165) is 42.5 Å². The van der Waals surface area contributed by atoms with Gasteiger partial charge in [0.05, 0.1) is 10.8 Å². The second-order valence-corrected chi connectivity index (χ2v) is 8.75. The molecule has 25 heavy (non-hydrogen) atoms. The Balaban J connectivity index is 1.45. The quantitative estimate of drug-likeness (QED) is 0.748. The van der Waals surface area contributed by atoms with E-state index >= 15 is 0 Å². The number of hydrogen-bond acceptors (Lipinski definition) is 7. The first-order valence-electron chi connectivity index (χ1n) is 8.28. The molecule has 0 radical (unpaired) electrons. The van der Waals surface area contributed by atoms with E-state index in [1.54, 1.807) is 6.92 Å². The molecule has 4 rings (SSSR count). The summed E-state index contributed by atoms with van der Waals surface area (Å²) in [6, 6.07) is 0. The number of rotatable bonds is 6. The van der Waals surface area contributed by atoms with Crippen LogP contribution in [0.15, 0.2) is 9.64 Å². The average molecular weight is 378 g/mol. The van der Waals surface area contributed by atoms with Gasteiger partial charge in [-0.15, -0.1) is 21.5 Å². The molecule has 3 N–H and O–H groups in total. The van der Waals surface area contributed by atoms with Crippen LogP contribution in [0.25, 0.3) is 0 Å². The highest BCUT2D eigenvalue weighted by Gasteiger charge is 2.31. The van der Waals surface area contributed by atoms with Crippen LogP contribution in [0.4, 0.5) is 5.00 Å². The molecule has 7 nitrogen and oxygen atoms in total. The normalized spacial score (nSPS) is 17.3. The van der Waals surface area contributed by atoms with E-state index in [1.807, 2.05) is 0 Å². The lowest BCUT2D eigenvalue weighted by atomic mass is 10.1. The van der Waals surface area contributed by atoms with E-state index in [4.69, 9.17) is 10.2 Å². The Morgan fingerprint density at radius 2 is 2.16 bits per heavy atom. The summed E-state index contributed by atoms with van der Waals surface area (Å²) in [7, 11) is 0. The molecule has 132 valence electrons. The third-order valence-corrected chi connectivity index (χ3v) is 6.54. The number of primary amides is 1. The first-order chi connectivity index (χ1) is 12.0. The van der Waals surface area contributed by atoms with Crippen molar-refractivity contribution in [1.82, 2.24) is 10.2 Å². The number of amides is 2. The molecule has 0 bridgehead atoms. The van der Waals surface area contributed by atoms with Gasteiger partial charge in [-0.25, -0.2) is 0 Å². The van der Waals surface area contributed by atoms with Crippen LogP contribution in [0.3, 0.4) is 0 Å². The molecule has 1 saturated carbocycles. The molecule has 2 aliphatic rings. The summed E-state index contributed by atoms with van der Waals surface area (Å²) >= 11 is 2.67. The van der Waals surface area contributed by atoms with Gasteiger partial charge in [-0.2, -0.15) is 0 Å². The molecule has 1 fully saturated rings. The smallest absolute Gasteiger partial charge is 0.277 e. The van der Waals surface area contributed by atoms with Crippen LogP contribution in [0, 0.1) is 0 Å². The van der Waals surface area contributed by atoms with Crippen molar-refractivity contribution in [1.29, 1.82) is 0 Å². The first-order valence-corrected chi connectivity index (χ1v) is 9.97. The Hall–Kier alpha value is -1.87. The van der Waals surface area contributed by atoms with Gasteiger partial charge in [-0.1, -0.05) is 11.8 Å². The number of nitrogens with two attached hydrogens (primary N) is 1. The fourth-order valence-corrected chi connectivity index (χ4v) is 4.92. The minimum Gasteiger partial charge on any atom is -0.416 e. The van der Waals surface area contributed by atoms with E-state index in [0.29, 0.717) is 27.6 Å². The minimum atomic E-state index is -0.485. The summed E-state index contributed by atoms with van der Waals surface area (Å²) < 4.78 is 5.58. The number of thiophene rings is 1. The molecule has 0 saturated heterocycles. The largest absolute Gasteiger partial charge is 0.416 e. The molecule has 0 spiro atoms. The Labute approximate surface area is 152 Å². The molecule has 2 amide bonds. The highest BCUT2D eigenvalue weighted by atomic mass is 32.2. The van der Waals surface area contributed by atoms with Crippen molar-refractivity contribution in [2.24, 2.45) is 5.73 Å². The molecule has 2 aromatic rings. The lowest BCUT2D eigenvalue weighted by molar-refractivity contribution is -0.115. The predicted molar refractivity (Wildman–Crippen MR) is 95.1 cm³/mol. The zero-order valence-corrected chi connectivity index (χ0v) is 15.3. The van der Waals surface area contributed by atoms with E-state index in [-0.39, 0.29) is 5.91 Å². The lowest BCUT2D eigenvalue weighted by Crippen LogP contribution is -2.24. The SMILES string of the molecule is CC(Sc1nnc(C2CC2)o1)C(=O)Nc1sc2c(c1C(N)=O)CCC2. The van der Waals surface area contributed by atoms with Crippen LogP contribution in [-0.2, 0) is 17.6 Å². The maximum absolute atomic E-state index is 12.5. The van der Waals surface area contributed by atoms with Gasteiger partial charge in [-0.05, 0) is 44.6 Å². The van der Waals surface area contributed by atoms with Crippen LogP contribution in [0.5, 0.6) is 0 Å². The van der Waals surface area contributed by atoms with Crippen LogP contribution in [0.1, 0.15) is 58.8 Å². The third kappa shape index (κ3) is 3.30. The molecular formula is C16H18N4O3S2. The van der Waals surface area contributed by atoms with Crippen molar-refractivity contribution in [2.75, 3.05) is 5.32 Å². The van der Waals surface area contributed by atoms with Crippen molar-refractivity contribution < 1.29 is 14.0 Å². The second kappa shape index (κ2) is 6.45. The Kier molecular flexibility index (Phi) is 4.28. The van der Waals surface area contributed by atoms with E-state index in [9.17, 15) is 9.59 Å². The van der Waals surface area contributed by atoms with Crippen molar-refractivity contribution in [2.45, 2.75) is 55.4 Å². The van der Waals surface area contributed by atoms with E-state index < -0.39 is 11.2 Å². The number of aryl methyl sites for hydroxylation is 1. The van der Waals surface area contributed by atoms with Crippen molar-refractivity contribution in [3.05, 3.63) is 21.9 Å². The summed E-state index contributed by atoms with van der Waals surface area (Å²) in [5, 5.41) is 11.4. The number of aromatic nitrogens is 2. The van der Waals surface area contributed by atoms with Gasteiger partial charge >= 0.3 is 0 Å². The molecule has 1 atom stereocenters. The monoisotopic (exact) mass is 378 g/mol. The summed E-state index contributed by atoms with van der Waals surface area (Å²) in [5.41, 5.74) is 6.99. The Morgan fingerprint density at radius 1 is 1.36 bits per heavy atom. The highest BCUT2D eigenvalue weighted by Crippen LogP contribution is 2.41. The Morgan fingerprint density at radius 3 is 2.88 bits per heavy atom. The zero-order valence-electron chi connectivity index (χ0n) is 13.7. The molecule has 1 unspecified atom stereocenters. The van der Waals surface area contributed by atoms with Crippen molar-refractivity contribution in [3.8, 4) is 0 Å². The number of anilines is 1. The summed E-state index contributed by atoms with van der Waals surface area (Å²) in [6.45, 7) is 1.77. The number of nitrogens with zero attached hydrogens (tertiary/aromatic N) is 2. The molecule has 2 aliphatic carbocycles. The number of nitrogens with one attached hydrogen (secondary N) is 1. The number of thioether (sulfide) groups is 1. The topological polar surface area (TPSA) is 111 Å². The minimum absolute atomic E-state index is 0.210. The highest BCUT2D eigenvalue weighted by molar-refractivity contribution is 8.00. The van der Waals surface area contributed by atoms with Crippen LogP contribution in [0.2, 0.25) is 0 Å². The summed E-state index contributed by atoms with van der Waals surface area (Å²) in [6.07, 6.45) is 4.98. The number of fused-ring (bicyclic) bond motifs is 1. The van der Waals surface area contributed by atoms with Gasteiger partial charge in [0.15, 0.2) is 0 Å². The molecular weight excluding hydrogens is 360 g/mol. The Bertz CT molecular complexity index is 841. The van der Waals surface area contributed by atoms with Gasteiger partial charge in [0.2, 0.25) is 11.8 Å². The van der Waals surface area contributed by atoms with E-state index in [2.05, 4.69) is 15.5 Å². The molecule has 2 heterocycles. The number of hydrogen-bond donors (Lipinski definition) is 2. The fraction of sp³-hybridized carbons (Fsp3) is 0.500. The van der Waals surface area contributed by atoms with Gasteiger partial charge in [0.1, 0.15) is 5.00 Å². The number of carbonyl (C=O) groups excluding carboxylic acids is 2. The average Bonchev–Trinajstić information content (AvgIpc) is 2.98. The van der Waals surface area contributed by atoms with Crippen LogP contribution in [-0.4, -0.2) is 27.3 Å². The third-order valence-electron chi connectivity index (χ3n) is 4.40. The fourth-order valence-electron chi connectivity index (χ4n) is 2.93. The van der Waals surface area contributed by atoms with Gasteiger partial charge in [-0.3, -0.25) is 9.59 Å². The van der Waals surface area contributed by atoms with Crippen LogP contribution < -0.4 is 11.1 Å². The van der Waals surface area contributed by atoms with Crippen molar-refractivity contribution in [3.63, 3.8) is 0 Å². The first kappa shape index (κ1) is 16.6. The predicted octanol–water partition coefficient (Wildman–Crippen LogP) is 2.72. The molecule has 0 aromatic carbocycles. The second-order valence-electron chi connectivity index (χ2n) is 6.36. The summed E-state index contributed by atoms with van der Waals surface area (Å²) in [5.74, 6) is 0.345. The molecule has 9 heteroatoms. The standard InChI is InChI=1S/C16H18N4O3S2/c1-7(24-16-20-19-14(23-16)8-5-6-8)13(22)18-15-11(12(17)21)9-3-2-4-10(9)25-15/h7-8H,2-6H2,1H3,(H2,17,21)(H,18,22). The van der Waals surface area contributed by atoms with Crippen molar-refractivity contribution >= 4 is 39.9 Å². The lowest BCUT2D eigenvalue weighted by Gasteiger charge is -2.10. The van der Waals surface area contributed by atoms with E-state index in [1.165, 1.54) is 23.1 Å². The molecule has 0 aliphatic heterocycles. The maximum Gasteiger partial charge on any atom is 0.277 e. The maximum atomic E-state index is 12.5. The van der Waals surface area contributed by atoms with Gasteiger partial charge in [0.25, 0.3) is 11.1 Å². The van der Waals surface area contributed by atoms with Gasteiger partial charge < -0.3 is 15.5 Å². The van der Waals surface area contributed by atoms with Crippen LogP contribution >= 0.6 is 23.1 Å². The summed E-state index contributed by atoms with van der Waals surface area (Å²) in [4.78, 5) is 25.4. The molecule has 2 aromatic heterocycles. The number of carbonyl (C=O) groups is 2.